The summed E-state index contributed by atoms with van der Waals surface area (Å²) in [5.74, 6) is 0. The van der Waals surface area contributed by atoms with Crippen LogP contribution in [0.5, 0.6) is 0 Å². The maximum atomic E-state index is 11.6. The second-order valence-corrected chi connectivity index (χ2v) is 4.64. The molecular formula is C14H22N2O2. The van der Waals surface area contributed by atoms with Crippen molar-refractivity contribution in [3.63, 3.8) is 0 Å². The maximum absolute atomic E-state index is 11.6. The Morgan fingerprint density at radius 3 is 2.33 bits per heavy atom. The summed E-state index contributed by atoms with van der Waals surface area (Å²) in [6.07, 6.45) is -0.333. The summed E-state index contributed by atoms with van der Waals surface area (Å²) in [6, 6.07) is 4.19. The van der Waals surface area contributed by atoms with E-state index in [1.54, 1.807) is 7.05 Å². The Hall–Kier alpha value is -1.55. The third-order valence-electron chi connectivity index (χ3n) is 2.96. The normalized spacial score (nSPS) is 10.3. The van der Waals surface area contributed by atoms with E-state index >= 15 is 0 Å². The lowest BCUT2D eigenvalue weighted by Gasteiger charge is -2.17. The molecule has 1 aromatic carbocycles. The molecule has 0 bridgehead atoms. The third kappa shape index (κ3) is 3.74. The first-order valence-electron chi connectivity index (χ1n) is 6.10. The summed E-state index contributed by atoms with van der Waals surface area (Å²) in [5.41, 5.74) is 10.0. The summed E-state index contributed by atoms with van der Waals surface area (Å²) >= 11 is 0. The van der Waals surface area contributed by atoms with Crippen LogP contribution < -0.4 is 5.73 Å². The second kappa shape index (κ2) is 6.40. The van der Waals surface area contributed by atoms with Crippen LogP contribution in [0.3, 0.4) is 0 Å². The fraction of sp³-hybridized carbons (Fsp3) is 0.500. The predicted molar refractivity (Wildman–Crippen MR) is 72.5 cm³/mol. The van der Waals surface area contributed by atoms with Gasteiger partial charge in [0.25, 0.3) is 0 Å². The highest BCUT2D eigenvalue weighted by atomic mass is 16.6. The molecule has 0 aliphatic carbocycles. The van der Waals surface area contributed by atoms with Crippen LogP contribution in [0.2, 0.25) is 0 Å². The Morgan fingerprint density at radius 1 is 1.28 bits per heavy atom. The minimum absolute atomic E-state index is 0.311. The van der Waals surface area contributed by atoms with Crippen LogP contribution in [0.15, 0.2) is 12.1 Å². The number of nitrogens with two attached hydrogens (primary N) is 1. The third-order valence-corrected chi connectivity index (χ3v) is 2.96. The molecular weight excluding hydrogens is 228 g/mol. The topological polar surface area (TPSA) is 55.6 Å². The van der Waals surface area contributed by atoms with Crippen molar-refractivity contribution < 1.29 is 9.53 Å². The van der Waals surface area contributed by atoms with Gasteiger partial charge in [0.1, 0.15) is 6.61 Å². The fourth-order valence-corrected chi connectivity index (χ4v) is 1.97. The van der Waals surface area contributed by atoms with Gasteiger partial charge in [0.05, 0.1) is 0 Å². The highest BCUT2D eigenvalue weighted by Crippen LogP contribution is 2.17. The van der Waals surface area contributed by atoms with Crippen molar-refractivity contribution in [1.29, 1.82) is 0 Å². The van der Waals surface area contributed by atoms with Crippen LogP contribution >= 0.6 is 0 Å². The number of benzene rings is 1. The van der Waals surface area contributed by atoms with Gasteiger partial charge in [-0.2, -0.15) is 0 Å². The standard InChI is InChI=1S/C14H22N2O2/c1-10-7-11(2)13(12(3)8-10)9-18-14(17)16(4)6-5-15/h7-8H,5-6,9,15H2,1-4H3. The zero-order valence-corrected chi connectivity index (χ0v) is 11.6. The molecule has 0 heterocycles. The van der Waals surface area contributed by atoms with Gasteiger partial charge in [-0.1, -0.05) is 17.7 Å². The molecule has 4 nitrogen and oxygen atoms in total. The van der Waals surface area contributed by atoms with E-state index in [0.717, 1.165) is 16.7 Å². The van der Waals surface area contributed by atoms with Crippen molar-refractivity contribution in [2.24, 2.45) is 5.73 Å². The summed E-state index contributed by atoms with van der Waals surface area (Å²) in [4.78, 5) is 13.1. The summed E-state index contributed by atoms with van der Waals surface area (Å²) < 4.78 is 5.28. The molecule has 2 N–H and O–H groups in total. The van der Waals surface area contributed by atoms with Crippen molar-refractivity contribution in [1.82, 2.24) is 4.90 Å². The first-order chi connectivity index (χ1) is 8.45. The average Bonchev–Trinajstić information content (AvgIpc) is 2.27. The zero-order chi connectivity index (χ0) is 13.7. The van der Waals surface area contributed by atoms with Crippen LogP contribution in [0.25, 0.3) is 0 Å². The van der Waals surface area contributed by atoms with Crippen molar-refractivity contribution in [3.8, 4) is 0 Å². The van der Waals surface area contributed by atoms with E-state index in [9.17, 15) is 4.79 Å². The number of hydrogen-bond donors (Lipinski definition) is 1. The number of likely N-dealkylation sites (N-methyl/N-ethyl adjacent to an activating group) is 1. The van der Waals surface area contributed by atoms with Crippen LogP contribution in [-0.4, -0.2) is 31.1 Å². The molecule has 0 atom stereocenters. The van der Waals surface area contributed by atoms with Gasteiger partial charge in [0.2, 0.25) is 0 Å². The Bertz CT molecular complexity index is 407. The number of nitrogens with zero attached hydrogens (tertiary/aromatic N) is 1. The largest absolute Gasteiger partial charge is 0.445 e. The molecule has 18 heavy (non-hydrogen) atoms. The molecule has 4 heteroatoms. The Morgan fingerprint density at radius 2 is 1.83 bits per heavy atom. The number of amides is 1. The highest BCUT2D eigenvalue weighted by Gasteiger charge is 2.11. The summed E-state index contributed by atoms with van der Waals surface area (Å²) in [7, 11) is 1.68. The van der Waals surface area contributed by atoms with E-state index in [4.69, 9.17) is 10.5 Å². The van der Waals surface area contributed by atoms with E-state index < -0.39 is 0 Å². The van der Waals surface area contributed by atoms with E-state index in [1.165, 1.54) is 10.5 Å². The van der Waals surface area contributed by atoms with Crippen LogP contribution in [0, 0.1) is 20.8 Å². The van der Waals surface area contributed by atoms with Gasteiger partial charge < -0.3 is 15.4 Å². The molecule has 0 aromatic heterocycles. The first kappa shape index (κ1) is 14.5. The van der Waals surface area contributed by atoms with Crippen LogP contribution in [0.4, 0.5) is 4.79 Å². The predicted octanol–water partition coefficient (Wildman–Crippen LogP) is 2.14. The van der Waals surface area contributed by atoms with Gasteiger partial charge in [0, 0.05) is 20.1 Å². The van der Waals surface area contributed by atoms with E-state index in [-0.39, 0.29) is 6.09 Å². The van der Waals surface area contributed by atoms with Gasteiger partial charge in [-0.25, -0.2) is 4.79 Å². The molecule has 0 aliphatic heterocycles. The van der Waals surface area contributed by atoms with Gasteiger partial charge in [-0.05, 0) is 37.5 Å². The molecule has 1 rings (SSSR count). The maximum Gasteiger partial charge on any atom is 0.409 e. The van der Waals surface area contributed by atoms with Crippen molar-refractivity contribution in [2.45, 2.75) is 27.4 Å². The molecule has 0 saturated heterocycles. The van der Waals surface area contributed by atoms with Crippen molar-refractivity contribution in [2.75, 3.05) is 20.1 Å². The van der Waals surface area contributed by atoms with Crippen molar-refractivity contribution >= 4 is 6.09 Å². The molecule has 0 saturated carbocycles. The summed E-state index contributed by atoms with van der Waals surface area (Å²) in [6.45, 7) is 7.38. The van der Waals surface area contributed by atoms with Gasteiger partial charge in [-0.15, -0.1) is 0 Å². The molecule has 0 spiro atoms. The lowest BCUT2D eigenvalue weighted by atomic mass is 10.0. The smallest absolute Gasteiger partial charge is 0.409 e. The van der Waals surface area contributed by atoms with E-state index in [1.807, 2.05) is 13.8 Å². The Balaban J connectivity index is 2.67. The number of aryl methyl sites for hydroxylation is 3. The Labute approximate surface area is 109 Å². The number of hydrogen-bond acceptors (Lipinski definition) is 3. The average molecular weight is 250 g/mol. The molecule has 0 aliphatic rings. The minimum atomic E-state index is -0.333. The second-order valence-electron chi connectivity index (χ2n) is 4.64. The number of rotatable bonds is 4. The van der Waals surface area contributed by atoms with Gasteiger partial charge >= 0.3 is 6.09 Å². The molecule has 100 valence electrons. The fourth-order valence-electron chi connectivity index (χ4n) is 1.97. The van der Waals surface area contributed by atoms with Crippen molar-refractivity contribution in [3.05, 3.63) is 34.4 Å². The molecule has 0 fully saturated rings. The molecule has 1 aromatic rings. The van der Waals surface area contributed by atoms with Crippen LogP contribution in [-0.2, 0) is 11.3 Å². The lowest BCUT2D eigenvalue weighted by Crippen LogP contribution is -2.32. The Kier molecular flexibility index (Phi) is 5.16. The minimum Gasteiger partial charge on any atom is -0.445 e. The molecule has 1 amide bonds. The monoisotopic (exact) mass is 250 g/mol. The zero-order valence-electron chi connectivity index (χ0n) is 11.6. The SMILES string of the molecule is Cc1cc(C)c(COC(=O)N(C)CCN)c(C)c1. The van der Waals surface area contributed by atoms with E-state index in [2.05, 4.69) is 19.1 Å². The number of carbonyl (C=O) groups is 1. The quantitative estimate of drug-likeness (QED) is 0.890. The number of carbonyl (C=O) groups excluding carboxylic acids is 1. The lowest BCUT2D eigenvalue weighted by molar-refractivity contribution is 0.105. The van der Waals surface area contributed by atoms with Gasteiger partial charge in [0.15, 0.2) is 0 Å². The molecule has 0 radical (unpaired) electrons. The van der Waals surface area contributed by atoms with E-state index in [0.29, 0.717) is 19.7 Å². The van der Waals surface area contributed by atoms with Gasteiger partial charge in [-0.3, -0.25) is 0 Å². The first-order valence-corrected chi connectivity index (χ1v) is 6.10. The van der Waals surface area contributed by atoms with Crippen LogP contribution in [0.1, 0.15) is 22.3 Å². The highest BCUT2D eigenvalue weighted by molar-refractivity contribution is 5.67. The molecule has 0 unspecified atom stereocenters. The number of ether oxygens (including phenoxy) is 1. The summed E-state index contributed by atoms with van der Waals surface area (Å²) in [5, 5.41) is 0.